The smallest absolute Gasteiger partial charge is 0.250 e. The molecule has 0 saturated heterocycles. The van der Waals surface area contributed by atoms with Gasteiger partial charge in [-0.1, -0.05) is 41.9 Å². The van der Waals surface area contributed by atoms with Crippen LogP contribution in [-0.4, -0.2) is 12.5 Å². The molecule has 4 nitrogen and oxygen atoms in total. The summed E-state index contributed by atoms with van der Waals surface area (Å²) in [5, 5.41) is 3.52. The van der Waals surface area contributed by atoms with Crippen molar-refractivity contribution in [1.29, 1.82) is 0 Å². The van der Waals surface area contributed by atoms with Gasteiger partial charge in [-0.25, -0.2) is 0 Å². The lowest BCUT2D eigenvalue weighted by atomic mass is 10.1. The summed E-state index contributed by atoms with van der Waals surface area (Å²) >= 11 is 5.98. The molecule has 2 aromatic carbocycles. The molecule has 0 spiro atoms. The normalized spacial score (nSPS) is 11.9. The zero-order chi connectivity index (χ0) is 14.5. The molecular weight excluding hydrogens is 274 g/mol. The van der Waals surface area contributed by atoms with Crippen molar-refractivity contribution < 1.29 is 4.79 Å². The van der Waals surface area contributed by atoms with Crippen LogP contribution in [0.1, 0.15) is 22.0 Å². The molecule has 0 bridgehead atoms. The zero-order valence-electron chi connectivity index (χ0n) is 10.8. The molecule has 0 heterocycles. The topological polar surface area (TPSA) is 81.1 Å². The summed E-state index contributed by atoms with van der Waals surface area (Å²) < 4.78 is 0. The molecule has 0 aromatic heterocycles. The van der Waals surface area contributed by atoms with Crippen LogP contribution in [-0.2, 0) is 0 Å². The summed E-state index contributed by atoms with van der Waals surface area (Å²) in [4.78, 5) is 11.1. The number of carbonyl (C=O) groups is 1. The van der Waals surface area contributed by atoms with Crippen LogP contribution >= 0.6 is 11.6 Å². The van der Waals surface area contributed by atoms with Gasteiger partial charge >= 0.3 is 0 Å². The third-order valence-electron chi connectivity index (χ3n) is 2.99. The number of hydrogen-bond acceptors (Lipinski definition) is 3. The molecule has 5 N–H and O–H groups in total. The average molecular weight is 290 g/mol. The van der Waals surface area contributed by atoms with Gasteiger partial charge in [0, 0.05) is 18.3 Å². The number of benzene rings is 2. The van der Waals surface area contributed by atoms with E-state index >= 15 is 0 Å². The van der Waals surface area contributed by atoms with Crippen molar-refractivity contribution in [2.75, 3.05) is 11.9 Å². The summed E-state index contributed by atoms with van der Waals surface area (Å²) in [6, 6.07) is 14.7. The van der Waals surface area contributed by atoms with Crippen LogP contribution < -0.4 is 16.8 Å². The maximum absolute atomic E-state index is 11.1. The number of nitrogens with one attached hydrogen (secondary N) is 1. The third kappa shape index (κ3) is 3.50. The first-order chi connectivity index (χ1) is 9.58. The Balaban J connectivity index is 2.01. The van der Waals surface area contributed by atoms with E-state index in [4.69, 9.17) is 23.1 Å². The van der Waals surface area contributed by atoms with Gasteiger partial charge < -0.3 is 16.8 Å². The van der Waals surface area contributed by atoms with Gasteiger partial charge in [-0.15, -0.1) is 0 Å². The van der Waals surface area contributed by atoms with Crippen LogP contribution in [0, 0.1) is 0 Å². The van der Waals surface area contributed by atoms with Crippen molar-refractivity contribution in [3.8, 4) is 0 Å². The highest BCUT2D eigenvalue weighted by Crippen LogP contribution is 2.21. The standard InChI is InChI=1S/C15H16ClN3O/c16-13-8-11(6-7-12(13)15(18)20)19-9-14(17)10-4-2-1-3-5-10/h1-8,14,19H,9,17H2,(H2,18,20). The summed E-state index contributed by atoms with van der Waals surface area (Å²) in [6.45, 7) is 0.566. The number of rotatable bonds is 5. The van der Waals surface area contributed by atoms with E-state index < -0.39 is 5.91 Å². The lowest BCUT2D eigenvalue weighted by Gasteiger charge is -2.14. The van der Waals surface area contributed by atoms with Gasteiger partial charge in [0.1, 0.15) is 0 Å². The van der Waals surface area contributed by atoms with Gasteiger partial charge in [0.25, 0.3) is 0 Å². The molecule has 104 valence electrons. The largest absolute Gasteiger partial charge is 0.383 e. The van der Waals surface area contributed by atoms with Crippen LogP contribution in [0.5, 0.6) is 0 Å². The Bertz CT molecular complexity index is 601. The highest BCUT2D eigenvalue weighted by molar-refractivity contribution is 6.34. The van der Waals surface area contributed by atoms with Crippen LogP contribution in [0.25, 0.3) is 0 Å². The van der Waals surface area contributed by atoms with Crippen molar-refractivity contribution in [2.24, 2.45) is 11.5 Å². The van der Waals surface area contributed by atoms with Gasteiger partial charge in [-0.3, -0.25) is 4.79 Å². The molecule has 2 rings (SSSR count). The first-order valence-corrected chi connectivity index (χ1v) is 6.59. The van der Waals surface area contributed by atoms with Crippen molar-refractivity contribution in [3.05, 3.63) is 64.7 Å². The lowest BCUT2D eigenvalue weighted by Crippen LogP contribution is -2.20. The van der Waals surface area contributed by atoms with E-state index in [2.05, 4.69) is 5.32 Å². The molecule has 0 aliphatic heterocycles. The highest BCUT2D eigenvalue weighted by atomic mass is 35.5. The molecule has 0 radical (unpaired) electrons. The summed E-state index contributed by atoms with van der Waals surface area (Å²) in [6.07, 6.45) is 0. The van der Waals surface area contributed by atoms with Gasteiger partial charge in [-0.05, 0) is 23.8 Å². The Morgan fingerprint density at radius 1 is 1.20 bits per heavy atom. The molecule has 0 aliphatic rings. The number of anilines is 1. The van der Waals surface area contributed by atoms with Crippen molar-refractivity contribution in [3.63, 3.8) is 0 Å². The minimum atomic E-state index is -0.539. The van der Waals surface area contributed by atoms with E-state index in [-0.39, 0.29) is 6.04 Å². The Kier molecular flexibility index (Phi) is 4.61. The van der Waals surface area contributed by atoms with E-state index in [0.29, 0.717) is 17.1 Å². The predicted molar refractivity (Wildman–Crippen MR) is 81.8 cm³/mol. The number of nitrogens with two attached hydrogens (primary N) is 2. The first-order valence-electron chi connectivity index (χ1n) is 6.21. The minimum absolute atomic E-state index is 0.120. The Labute approximate surface area is 122 Å². The van der Waals surface area contributed by atoms with Crippen LogP contribution in [0.2, 0.25) is 5.02 Å². The molecule has 0 fully saturated rings. The number of amides is 1. The number of carbonyl (C=O) groups excluding carboxylic acids is 1. The van der Waals surface area contributed by atoms with Crippen molar-refractivity contribution in [2.45, 2.75) is 6.04 Å². The molecule has 20 heavy (non-hydrogen) atoms. The van der Waals surface area contributed by atoms with E-state index in [1.807, 2.05) is 30.3 Å². The van der Waals surface area contributed by atoms with Crippen molar-refractivity contribution in [1.82, 2.24) is 0 Å². The summed E-state index contributed by atoms with van der Waals surface area (Å²) in [5.74, 6) is -0.539. The monoisotopic (exact) mass is 289 g/mol. The molecule has 1 amide bonds. The van der Waals surface area contributed by atoms with Crippen molar-refractivity contribution >= 4 is 23.2 Å². The molecule has 1 atom stereocenters. The number of halogens is 1. The molecule has 0 aliphatic carbocycles. The minimum Gasteiger partial charge on any atom is -0.383 e. The average Bonchev–Trinajstić information content (AvgIpc) is 2.45. The van der Waals surface area contributed by atoms with Crippen LogP contribution in [0.4, 0.5) is 5.69 Å². The third-order valence-corrected chi connectivity index (χ3v) is 3.30. The first kappa shape index (κ1) is 14.4. The fraction of sp³-hybridized carbons (Fsp3) is 0.133. The molecule has 5 heteroatoms. The van der Waals surface area contributed by atoms with E-state index in [0.717, 1.165) is 11.3 Å². The van der Waals surface area contributed by atoms with E-state index in [1.54, 1.807) is 18.2 Å². The second-order valence-corrected chi connectivity index (χ2v) is 4.86. The van der Waals surface area contributed by atoms with Crippen LogP contribution in [0.15, 0.2) is 48.5 Å². The predicted octanol–water partition coefficient (Wildman–Crippen LogP) is 2.55. The van der Waals surface area contributed by atoms with Crippen LogP contribution in [0.3, 0.4) is 0 Å². The maximum Gasteiger partial charge on any atom is 0.250 e. The lowest BCUT2D eigenvalue weighted by molar-refractivity contribution is 0.100. The Hall–Kier alpha value is -2.04. The van der Waals surface area contributed by atoms with Gasteiger partial charge in [0.15, 0.2) is 0 Å². The molecular formula is C15H16ClN3O. The van der Waals surface area contributed by atoms with E-state index in [9.17, 15) is 4.79 Å². The second-order valence-electron chi connectivity index (χ2n) is 4.46. The van der Waals surface area contributed by atoms with Gasteiger partial charge in [-0.2, -0.15) is 0 Å². The Morgan fingerprint density at radius 3 is 2.50 bits per heavy atom. The number of hydrogen-bond donors (Lipinski definition) is 3. The van der Waals surface area contributed by atoms with Gasteiger partial charge in [0.2, 0.25) is 5.91 Å². The fourth-order valence-corrected chi connectivity index (χ4v) is 2.14. The number of primary amides is 1. The molecule has 0 saturated carbocycles. The SMILES string of the molecule is NC(=O)c1ccc(NCC(N)c2ccccc2)cc1Cl. The quantitative estimate of drug-likeness (QED) is 0.791. The highest BCUT2D eigenvalue weighted by Gasteiger charge is 2.08. The summed E-state index contributed by atoms with van der Waals surface area (Å²) in [7, 11) is 0. The van der Waals surface area contributed by atoms with E-state index in [1.165, 1.54) is 0 Å². The molecule has 1 unspecified atom stereocenters. The maximum atomic E-state index is 11.1. The fourth-order valence-electron chi connectivity index (χ4n) is 1.87. The van der Waals surface area contributed by atoms with Gasteiger partial charge in [0.05, 0.1) is 10.6 Å². The zero-order valence-corrected chi connectivity index (χ0v) is 11.6. The molecule has 2 aromatic rings. The Morgan fingerprint density at radius 2 is 1.90 bits per heavy atom. The second kappa shape index (κ2) is 6.41. The summed E-state index contributed by atoms with van der Waals surface area (Å²) in [5.41, 5.74) is 13.5.